The number of aromatic nitrogens is 3. The number of ether oxygens (including phenoxy) is 1. The van der Waals surface area contributed by atoms with Gasteiger partial charge in [0.2, 0.25) is 11.8 Å². The third-order valence-corrected chi connectivity index (χ3v) is 8.87. The lowest BCUT2D eigenvalue weighted by Crippen LogP contribution is -2.44. The molecule has 12 nitrogen and oxygen atoms in total. The van der Waals surface area contributed by atoms with Crippen molar-refractivity contribution in [3.63, 3.8) is 0 Å². The standard InChI is InChI=1S/C30H34FN7O5S/c1-4-16-37(3)44(41,42)36-26-21-10-9-19(2)27(22(21)11-12-24(26)31)43-28-23(8-5-14-32-28)25-13-15-33-29(35-25)34-20-7-6-17-38(18-20)30(39)40/h5,8-15,20,36H,4,6-7,16-18H2,1-3H3,(H,39,40)(H,33,34,35)/t20-/m0/s1. The van der Waals surface area contributed by atoms with Gasteiger partial charge in [-0.2, -0.15) is 12.7 Å². The number of hydrogen-bond acceptors (Lipinski definition) is 8. The summed E-state index contributed by atoms with van der Waals surface area (Å²) in [6.07, 6.45) is 4.34. The zero-order valence-electron chi connectivity index (χ0n) is 24.6. The van der Waals surface area contributed by atoms with Crippen LogP contribution in [-0.4, -0.2) is 76.5 Å². The molecule has 1 atom stereocenters. The maximum Gasteiger partial charge on any atom is 0.407 e. The number of benzene rings is 2. The van der Waals surface area contributed by atoms with Gasteiger partial charge in [0.05, 0.1) is 16.9 Å². The zero-order chi connectivity index (χ0) is 31.4. The van der Waals surface area contributed by atoms with E-state index in [0.29, 0.717) is 53.2 Å². The Labute approximate surface area is 255 Å². The highest BCUT2D eigenvalue weighted by Crippen LogP contribution is 2.39. The van der Waals surface area contributed by atoms with Crippen molar-refractivity contribution in [2.75, 3.05) is 36.7 Å². The fourth-order valence-corrected chi connectivity index (χ4v) is 6.18. The normalized spacial score (nSPS) is 15.4. The Kier molecular flexibility index (Phi) is 9.11. The third kappa shape index (κ3) is 6.65. The third-order valence-electron chi connectivity index (χ3n) is 7.40. The summed E-state index contributed by atoms with van der Waals surface area (Å²) in [7, 11) is -2.56. The molecule has 0 unspecified atom stereocenters. The first-order chi connectivity index (χ1) is 21.1. The fraction of sp³-hybridized carbons (Fsp3) is 0.333. The summed E-state index contributed by atoms with van der Waals surface area (Å²) < 4.78 is 50.8. The van der Waals surface area contributed by atoms with E-state index < -0.39 is 22.1 Å². The predicted octanol–water partition coefficient (Wildman–Crippen LogP) is 5.48. The molecule has 2 aromatic carbocycles. The van der Waals surface area contributed by atoms with E-state index in [2.05, 4.69) is 25.0 Å². The number of piperidine rings is 1. The second-order valence-electron chi connectivity index (χ2n) is 10.6. The van der Waals surface area contributed by atoms with E-state index >= 15 is 4.39 Å². The Balaban J connectivity index is 1.47. The number of nitrogens with zero attached hydrogens (tertiary/aromatic N) is 5. The number of carbonyl (C=O) groups is 1. The van der Waals surface area contributed by atoms with Gasteiger partial charge < -0.3 is 20.1 Å². The number of aryl methyl sites for hydroxylation is 1. The molecule has 14 heteroatoms. The van der Waals surface area contributed by atoms with Crippen molar-refractivity contribution < 1.29 is 27.4 Å². The van der Waals surface area contributed by atoms with Crippen LogP contribution in [0.2, 0.25) is 0 Å². The lowest BCUT2D eigenvalue weighted by atomic mass is 10.0. The molecule has 1 fully saturated rings. The van der Waals surface area contributed by atoms with Gasteiger partial charge >= 0.3 is 16.3 Å². The van der Waals surface area contributed by atoms with Crippen LogP contribution in [0.1, 0.15) is 31.7 Å². The number of pyridine rings is 1. The Hall–Kier alpha value is -4.56. The molecule has 3 N–H and O–H groups in total. The van der Waals surface area contributed by atoms with Crippen molar-refractivity contribution in [3.8, 4) is 22.9 Å². The van der Waals surface area contributed by atoms with Crippen molar-refractivity contribution >= 4 is 38.7 Å². The molecular formula is C30H34FN7O5S. The molecule has 4 aromatic rings. The number of hydrogen-bond donors (Lipinski definition) is 3. The highest BCUT2D eigenvalue weighted by molar-refractivity contribution is 7.90. The Bertz CT molecular complexity index is 1790. The molecular weight excluding hydrogens is 589 g/mol. The van der Waals surface area contributed by atoms with E-state index in [4.69, 9.17) is 4.74 Å². The molecule has 5 rings (SSSR count). The van der Waals surface area contributed by atoms with E-state index in [-0.39, 0.29) is 24.2 Å². The van der Waals surface area contributed by atoms with E-state index in [9.17, 15) is 18.3 Å². The quantitative estimate of drug-likeness (QED) is 0.209. The highest BCUT2D eigenvalue weighted by atomic mass is 32.2. The first kappa shape index (κ1) is 30.9. The molecule has 0 saturated carbocycles. The van der Waals surface area contributed by atoms with Gasteiger partial charge in [0, 0.05) is 55.9 Å². The number of amides is 1. The van der Waals surface area contributed by atoms with Crippen LogP contribution in [0.15, 0.2) is 54.9 Å². The van der Waals surface area contributed by atoms with Gasteiger partial charge in [0.1, 0.15) is 11.6 Å². The van der Waals surface area contributed by atoms with E-state index in [1.807, 2.05) is 13.8 Å². The Morgan fingerprint density at radius 2 is 1.95 bits per heavy atom. The molecule has 0 aliphatic carbocycles. The average Bonchev–Trinajstić information content (AvgIpc) is 3.00. The summed E-state index contributed by atoms with van der Waals surface area (Å²) in [6.45, 7) is 4.79. The molecule has 0 bridgehead atoms. The minimum atomic E-state index is -4.00. The number of nitrogens with one attached hydrogen (secondary N) is 2. The molecule has 1 aliphatic rings. The molecule has 2 aromatic heterocycles. The van der Waals surface area contributed by atoms with Crippen LogP contribution in [0.3, 0.4) is 0 Å². The molecule has 1 aliphatic heterocycles. The van der Waals surface area contributed by atoms with Crippen LogP contribution >= 0.6 is 0 Å². The van der Waals surface area contributed by atoms with Crippen molar-refractivity contribution in [2.45, 2.75) is 39.2 Å². The highest BCUT2D eigenvalue weighted by Gasteiger charge is 2.25. The maximum atomic E-state index is 15.1. The minimum Gasteiger partial charge on any atom is -0.465 e. The number of likely N-dealkylation sites (tertiary alicyclic amines) is 1. The zero-order valence-corrected chi connectivity index (χ0v) is 25.4. The van der Waals surface area contributed by atoms with Gasteiger partial charge in [0.25, 0.3) is 0 Å². The summed E-state index contributed by atoms with van der Waals surface area (Å²) in [5, 5.41) is 13.4. The monoisotopic (exact) mass is 623 g/mol. The van der Waals surface area contributed by atoms with Gasteiger partial charge in [0.15, 0.2) is 0 Å². The number of carboxylic acid groups (broad SMARTS) is 1. The van der Waals surface area contributed by atoms with Crippen LogP contribution in [0.25, 0.3) is 22.0 Å². The predicted molar refractivity (Wildman–Crippen MR) is 166 cm³/mol. The first-order valence-electron chi connectivity index (χ1n) is 14.2. The minimum absolute atomic E-state index is 0.133. The molecule has 44 heavy (non-hydrogen) atoms. The number of halogens is 1. The molecule has 1 saturated heterocycles. The topological polar surface area (TPSA) is 150 Å². The second kappa shape index (κ2) is 13.0. The first-order valence-corrected chi connectivity index (χ1v) is 15.7. The molecule has 232 valence electrons. The fourth-order valence-electron chi connectivity index (χ4n) is 5.13. The molecule has 1 amide bonds. The lowest BCUT2D eigenvalue weighted by molar-refractivity contribution is 0.132. The number of rotatable bonds is 10. The summed E-state index contributed by atoms with van der Waals surface area (Å²) in [5.74, 6) is 0.242. The van der Waals surface area contributed by atoms with E-state index in [1.54, 1.807) is 48.8 Å². The number of fused-ring (bicyclic) bond motifs is 1. The van der Waals surface area contributed by atoms with Gasteiger partial charge in [-0.05, 0) is 62.1 Å². The van der Waals surface area contributed by atoms with Crippen LogP contribution in [0, 0.1) is 12.7 Å². The van der Waals surface area contributed by atoms with E-state index in [1.165, 1.54) is 18.0 Å². The summed E-state index contributed by atoms with van der Waals surface area (Å²) >= 11 is 0. The SMILES string of the molecule is CCCN(C)S(=O)(=O)Nc1c(F)ccc2c(Oc3ncccc3-c3ccnc(N[C@H]4CCCN(C(=O)O)C4)n3)c(C)ccc12. The van der Waals surface area contributed by atoms with Crippen LogP contribution in [0.5, 0.6) is 11.6 Å². The van der Waals surface area contributed by atoms with Crippen molar-refractivity contribution in [3.05, 3.63) is 66.2 Å². The van der Waals surface area contributed by atoms with Crippen LogP contribution in [0.4, 0.5) is 20.8 Å². The van der Waals surface area contributed by atoms with Crippen molar-refractivity contribution in [2.24, 2.45) is 0 Å². The Morgan fingerprint density at radius 3 is 2.73 bits per heavy atom. The molecule has 3 heterocycles. The van der Waals surface area contributed by atoms with Crippen molar-refractivity contribution in [1.82, 2.24) is 24.2 Å². The maximum absolute atomic E-state index is 15.1. The van der Waals surface area contributed by atoms with Crippen LogP contribution < -0.4 is 14.8 Å². The number of anilines is 2. The van der Waals surface area contributed by atoms with Gasteiger partial charge in [-0.3, -0.25) is 4.72 Å². The summed E-state index contributed by atoms with van der Waals surface area (Å²) in [6, 6.07) is 11.2. The molecule has 0 radical (unpaired) electrons. The second-order valence-corrected chi connectivity index (χ2v) is 12.4. The Morgan fingerprint density at radius 1 is 1.16 bits per heavy atom. The van der Waals surface area contributed by atoms with Crippen molar-refractivity contribution in [1.29, 1.82) is 0 Å². The van der Waals surface area contributed by atoms with Gasteiger partial charge in [-0.25, -0.2) is 24.1 Å². The molecule has 0 spiro atoms. The largest absolute Gasteiger partial charge is 0.465 e. The smallest absolute Gasteiger partial charge is 0.407 e. The average molecular weight is 624 g/mol. The van der Waals surface area contributed by atoms with E-state index in [0.717, 1.165) is 22.7 Å². The lowest BCUT2D eigenvalue weighted by Gasteiger charge is -2.31. The summed E-state index contributed by atoms with van der Waals surface area (Å²) in [4.78, 5) is 26.2. The van der Waals surface area contributed by atoms with Gasteiger partial charge in [-0.15, -0.1) is 0 Å². The van der Waals surface area contributed by atoms with Gasteiger partial charge in [-0.1, -0.05) is 19.1 Å². The van der Waals surface area contributed by atoms with Crippen LogP contribution in [-0.2, 0) is 10.2 Å². The summed E-state index contributed by atoms with van der Waals surface area (Å²) in [5.41, 5.74) is 1.64.